The van der Waals surface area contributed by atoms with Gasteiger partial charge in [0.15, 0.2) is 5.58 Å². The highest BCUT2D eigenvalue weighted by Gasteiger charge is 2.11. The first-order valence-electron chi connectivity index (χ1n) is 6.04. The number of aromatic nitrogens is 1. The Bertz CT molecular complexity index is 671. The van der Waals surface area contributed by atoms with Crippen molar-refractivity contribution in [2.24, 2.45) is 0 Å². The fourth-order valence-electron chi connectivity index (χ4n) is 1.67. The van der Waals surface area contributed by atoms with Crippen molar-refractivity contribution in [3.05, 3.63) is 35.7 Å². The van der Waals surface area contributed by atoms with Gasteiger partial charge >= 0.3 is 11.9 Å². The van der Waals surface area contributed by atoms with Crippen LogP contribution in [-0.4, -0.2) is 28.6 Å². The average Bonchev–Trinajstić information content (AvgIpc) is 2.77. The summed E-state index contributed by atoms with van der Waals surface area (Å²) >= 11 is 0. The minimum Gasteiger partial charge on any atom is -0.478 e. The van der Waals surface area contributed by atoms with Gasteiger partial charge in [-0.25, -0.2) is 9.78 Å². The molecule has 1 aromatic carbocycles. The third-order valence-corrected chi connectivity index (χ3v) is 2.48. The number of esters is 1. The normalized spacial score (nSPS) is 11.1. The number of ether oxygens (including phenoxy) is 1. The Morgan fingerprint density at radius 1 is 1.45 bits per heavy atom. The van der Waals surface area contributed by atoms with Crippen LogP contribution in [0.15, 0.2) is 28.7 Å². The third kappa shape index (κ3) is 3.44. The van der Waals surface area contributed by atoms with Gasteiger partial charge in [0, 0.05) is 6.08 Å². The number of aliphatic carboxylic acids is 1. The third-order valence-electron chi connectivity index (χ3n) is 2.48. The molecule has 0 radical (unpaired) electrons. The molecule has 0 fully saturated rings. The summed E-state index contributed by atoms with van der Waals surface area (Å²) in [6, 6.07) is 5.09. The van der Waals surface area contributed by atoms with Gasteiger partial charge in [0.05, 0.1) is 6.61 Å². The van der Waals surface area contributed by atoms with Crippen LogP contribution >= 0.6 is 0 Å². The number of fused-ring (bicyclic) bond motifs is 1. The topological polar surface area (TPSA) is 89.6 Å². The minimum absolute atomic E-state index is 0.0250. The number of carbonyl (C=O) groups is 2. The number of carboxylic acids is 1. The Morgan fingerprint density at radius 3 is 2.95 bits per heavy atom. The van der Waals surface area contributed by atoms with Crippen LogP contribution in [0.4, 0.5) is 0 Å². The Balaban J connectivity index is 2.21. The van der Waals surface area contributed by atoms with E-state index in [1.807, 2.05) is 0 Å². The number of benzene rings is 1. The van der Waals surface area contributed by atoms with Crippen LogP contribution in [0, 0.1) is 0 Å². The zero-order valence-electron chi connectivity index (χ0n) is 10.8. The van der Waals surface area contributed by atoms with Crippen LogP contribution in [0.3, 0.4) is 0 Å². The maximum atomic E-state index is 11.3. The first-order valence-corrected chi connectivity index (χ1v) is 6.04. The van der Waals surface area contributed by atoms with Gasteiger partial charge in [-0.2, -0.15) is 0 Å². The van der Waals surface area contributed by atoms with Gasteiger partial charge in [-0.05, 0) is 30.7 Å². The molecule has 2 rings (SSSR count). The van der Waals surface area contributed by atoms with E-state index >= 15 is 0 Å². The first kappa shape index (κ1) is 13.8. The lowest BCUT2D eigenvalue weighted by molar-refractivity contribution is -0.142. The van der Waals surface area contributed by atoms with Crippen LogP contribution in [0.25, 0.3) is 17.2 Å². The molecule has 20 heavy (non-hydrogen) atoms. The van der Waals surface area contributed by atoms with E-state index in [4.69, 9.17) is 14.3 Å². The van der Waals surface area contributed by atoms with Crippen molar-refractivity contribution in [3.63, 3.8) is 0 Å². The summed E-state index contributed by atoms with van der Waals surface area (Å²) in [6.45, 7) is 2.04. The zero-order valence-corrected chi connectivity index (χ0v) is 10.8. The number of hydrogen-bond donors (Lipinski definition) is 1. The van der Waals surface area contributed by atoms with Gasteiger partial charge in [0.2, 0.25) is 5.89 Å². The van der Waals surface area contributed by atoms with Crippen LogP contribution in [0.2, 0.25) is 0 Å². The first-order chi connectivity index (χ1) is 9.58. The SMILES string of the molecule is CCOC(=O)Cc1nc2ccc(/C=C/C(=O)O)cc2o1. The molecule has 1 aromatic heterocycles. The molecule has 1 heterocycles. The molecular formula is C14H13NO5. The number of oxazole rings is 1. The molecule has 0 aliphatic heterocycles. The van der Waals surface area contributed by atoms with E-state index in [1.165, 1.54) is 6.08 Å². The fraction of sp³-hybridized carbons (Fsp3) is 0.214. The highest BCUT2D eigenvalue weighted by molar-refractivity contribution is 5.86. The van der Waals surface area contributed by atoms with Crippen molar-refractivity contribution in [2.75, 3.05) is 6.61 Å². The van der Waals surface area contributed by atoms with Crippen molar-refractivity contribution < 1.29 is 23.8 Å². The molecular weight excluding hydrogens is 262 g/mol. The number of hydrogen-bond acceptors (Lipinski definition) is 5. The Labute approximate surface area is 114 Å². The predicted octanol–water partition coefficient (Wildman–Crippen LogP) is 2.03. The number of carbonyl (C=O) groups excluding carboxylic acids is 1. The van der Waals surface area contributed by atoms with Gasteiger partial charge in [-0.15, -0.1) is 0 Å². The average molecular weight is 275 g/mol. The van der Waals surface area contributed by atoms with E-state index in [0.717, 1.165) is 6.08 Å². The largest absolute Gasteiger partial charge is 0.478 e. The molecule has 0 atom stereocenters. The molecule has 0 spiro atoms. The van der Waals surface area contributed by atoms with Crippen molar-refractivity contribution in [3.8, 4) is 0 Å². The number of carboxylic acid groups (broad SMARTS) is 1. The summed E-state index contributed by atoms with van der Waals surface area (Å²) in [7, 11) is 0. The lowest BCUT2D eigenvalue weighted by Gasteiger charge is -1.96. The highest BCUT2D eigenvalue weighted by Crippen LogP contribution is 2.18. The minimum atomic E-state index is -1.02. The molecule has 0 unspecified atom stereocenters. The summed E-state index contributed by atoms with van der Waals surface area (Å²) in [5.41, 5.74) is 1.78. The van der Waals surface area contributed by atoms with Gasteiger partial charge in [-0.3, -0.25) is 4.79 Å². The quantitative estimate of drug-likeness (QED) is 0.663. The van der Waals surface area contributed by atoms with Gasteiger partial charge in [0.1, 0.15) is 11.9 Å². The maximum Gasteiger partial charge on any atom is 0.328 e. The van der Waals surface area contributed by atoms with Crippen LogP contribution in [0.5, 0.6) is 0 Å². The molecule has 0 aliphatic carbocycles. The standard InChI is InChI=1S/C14H13NO5/c1-2-19-14(18)8-12-15-10-5-3-9(4-6-13(16)17)7-11(10)20-12/h3-7H,2,8H2,1H3,(H,16,17)/b6-4+. The summed E-state index contributed by atoms with van der Waals surface area (Å²) in [6.07, 6.45) is 2.47. The second-order valence-electron chi connectivity index (χ2n) is 3.99. The van der Waals surface area contributed by atoms with E-state index < -0.39 is 11.9 Å². The van der Waals surface area contributed by atoms with Gasteiger partial charge < -0.3 is 14.3 Å². The lowest BCUT2D eigenvalue weighted by Crippen LogP contribution is -2.07. The molecule has 0 amide bonds. The number of nitrogens with zero attached hydrogens (tertiary/aromatic N) is 1. The van der Waals surface area contributed by atoms with Crippen LogP contribution < -0.4 is 0 Å². The van der Waals surface area contributed by atoms with Gasteiger partial charge in [-0.1, -0.05) is 6.07 Å². The van der Waals surface area contributed by atoms with Crippen molar-refractivity contribution in [1.82, 2.24) is 4.98 Å². The molecule has 0 saturated carbocycles. The highest BCUT2D eigenvalue weighted by atomic mass is 16.5. The lowest BCUT2D eigenvalue weighted by atomic mass is 10.2. The Kier molecular flexibility index (Phi) is 4.14. The Morgan fingerprint density at radius 2 is 2.25 bits per heavy atom. The van der Waals surface area contributed by atoms with Crippen LogP contribution in [-0.2, 0) is 20.7 Å². The van der Waals surface area contributed by atoms with E-state index in [0.29, 0.717) is 23.3 Å². The summed E-state index contributed by atoms with van der Waals surface area (Å²) in [5, 5.41) is 8.57. The summed E-state index contributed by atoms with van der Waals surface area (Å²) in [4.78, 5) is 25.9. The monoisotopic (exact) mass is 275 g/mol. The summed E-state index contributed by atoms with van der Waals surface area (Å²) < 4.78 is 10.3. The Hall–Kier alpha value is -2.63. The molecule has 0 saturated heterocycles. The molecule has 0 aliphatic rings. The maximum absolute atomic E-state index is 11.3. The fourth-order valence-corrected chi connectivity index (χ4v) is 1.67. The molecule has 1 N–H and O–H groups in total. The van der Waals surface area contributed by atoms with Crippen molar-refractivity contribution >= 4 is 29.1 Å². The second-order valence-corrected chi connectivity index (χ2v) is 3.99. The predicted molar refractivity (Wildman–Crippen MR) is 71.0 cm³/mol. The van der Waals surface area contributed by atoms with Crippen molar-refractivity contribution in [1.29, 1.82) is 0 Å². The molecule has 2 aromatic rings. The molecule has 0 bridgehead atoms. The number of rotatable bonds is 5. The van der Waals surface area contributed by atoms with E-state index in [-0.39, 0.29) is 12.3 Å². The molecule has 6 nitrogen and oxygen atoms in total. The zero-order chi connectivity index (χ0) is 14.5. The molecule has 6 heteroatoms. The smallest absolute Gasteiger partial charge is 0.328 e. The van der Waals surface area contributed by atoms with Gasteiger partial charge in [0.25, 0.3) is 0 Å². The summed E-state index contributed by atoms with van der Waals surface area (Å²) in [5.74, 6) is -1.14. The van der Waals surface area contributed by atoms with E-state index in [1.54, 1.807) is 25.1 Å². The second kappa shape index (κ2) is 6.01. The van der Waals surface area contributed by atoms with Crippen molar-refractivity contribution in [2.45, 2.75) is 13.3 Å². The molecule has 104 valence electrons. The van der Waals surface area contributed by atoms with E-state index in [9.17, 15) is 9.59 Å². The van der Waals surface area contributed by atoms with Crippen LogP contribution in [0.1, 0.15) is 18.4 Å². The van der Waals surface area contributed by atoms with E-state index in [2.05, 4.69) is 4.98 Å².